The van der Waals surface area contributed by atoms with Crippen molar-refractivity contribution in [2.75, 3.05) is 31.1 Å². The van der Waals surface area contributed by atoms with Crippen molar-refractivity contribution in [3.63, 3.8) is 0 Å². The molecule has 3 N–H and O–H groups in total. The van der Waals surface area contributed by atoms with Gasteiger partial charge in [0, 0.05) is 43.3 Å². The fraction of sp³-hybridized carbons (Fsp3) is 0.320. The molecule has 2 heterocycles. The third-order valence-corrected chi connectivity index (χ3v) is 5.80. The summed E-state index contributed by atoms with van der Waals surface area (Å²) in [4.78, 5) is 28.8. The van der Waals surface area contributed by atoms with E-state index in [4.69, 9.17) is 0 Å². The van der Waals surface area contributed by atoms with Gasteiger partial charge in [0.1, 0.15) is 0 Å². The average molecular weight is 448 g/mol. The maximum atomic E-state index is 13.1. The number of H-pyrrole nitrogens is 1. The zero-order chi connectivity index (χ0) is 23.0. The predicted molar refractivity (Wildman–Crippen MR) is 129 cm³/mol. The molecule has 1 fully saturated rings. The molecule has 1 aromatic heterocycles. The van der Waals surface area contributed by atoms with Gasteiger partial charge in [-0.1, -0.05) is 36.4 Å². The van der Waals surface area contributed by atoms with Gasteiger partial charge in [0.15, 0.2) is 0 Å². The number of carbonyl (C=O) groups excluding carboxylic acids is 2. The van der Waals surface area contributed by atoms with Crippen LogP contribution in [0.15, 0.2) is 60.7 Å². The normalized spacial score (nSPS) is 14.6. The quantitative estimate of drug-likeness (QED) is 0.382. The summed E-state index contributed by atoms with van der Waals surface area (Å²) >= 11 is 0. The van der Waals surface area contributed by atoms with E-state index in [2.05, 4.69) is 15.5 Å². The molecule has 0 saturated carbocycles. The number of nitrogens with one attached hydrogen (secondary N) is 2. The van der Waals surface area contributed by atoms with Crippen molar-refractivity contribution in [2.24, 2.45) is 0 Å². The summed E-state index contributed by atoms with van der Waals surface area (Å²) in [5.41, 5.74) is 2.43. The van der Waals surface area contributed by atoms with Crippen LogP contribution in [0.3, 0.4) is 0 Å². The molecule has 1 aliphatic heterocycles. The first-order valence-corrected chi connectivity index (χ1v) is 11.3. The number of aliphatic hydroxyl groups excluding tert-OH is 1. The molecule has 3 aromatic rings. The molecule has 0 unspecified atom stereocenters. The molecule has 33 heavy (non-hydrogen) atoms. The molecule has 172 valence electrons. The van der Waals surface area contributed by atoms with Crippen LogP contribution in [-0.4, -0.2) is 64.4 Å². The molecule has 0 bridgehead atoms. The molecule has 0 atom stereocenters. The number of likely N-dealkylation sites (tertiary alicyclic amines) is 1. The Morgan fingerprint density at radius 3 is 2.64 bits per heavy atom. The summed E-state index contributed by atoms with van der Waals surface area (Å²) in [6, 6.07) is 17.2. The number of aromatic nitrogens is 2. The number of benzene rings is 2. The first-order chi connectivity index (χ1) is 16.1. The first kappa shape index (κ1) is 22.5. The Balaban J connectivity index is 1.36. The van der Waals surface area contributed by atoms with Crippen LogP contribution < -0.4 is 10.2 Å². The largest absolute Gasteiger partial charge is 0.393 e. The number of piperidine rings is 1. The first-order valence-electron chi connectivity index (χ1n) is 11.3. The number of hydrogen-bond donors (Lipinski definition) is 3. The summed E-state index contributed by atoms with van der Waals surface area (Å²) in [6.07, 6.45) is 4.79. The minimum Gasteiger partial charge on any atom is -0.393 e. The smallest absolute Gasteiger partial charge is 0.317 e. The van der Waals surface area contributed by atoms with E-state index >= 15 is 0 Å². The number of carbonyl (C=O) groups is 2. The van der Waals surface area contributed by atoms with Crippen LogP contribution in [0.25, 0.3) is 17.0 Å². The van der Waals surface area contributed by atoms with Crippen molar-refractivity contribution in [1.29, 1.82) is 0 Å². The SMILES string of the molecule is O=C(NCCCN(C(=O)/C=C/c1n[nH]c2ccccc12)c1ccccc1)N1CCC(O)CC1. The number of nitrogens with zero attached hydrogens (tertiary/aromatic N) is 3. The van der Waals surface area contributed by atoms with Gasteiger partial charge in [0.05, 0.1) is 17.3 Å². The number of aromatic amines is 1. The highest BCUT2D eigenvalue weighted by atomic mass is 16.3. The van der Waals surface area contributed by atoms with Gasteiger partial charge in [-0.05, 0) is 43.5 Å². The fourth-order valence-electron chi connectivity index (χ4n) is 3.94. The van der Waals surface area contributed by atoms with Crippen LogP contribution >= 0.6 is 0 Å². The highest BCUT2D eigenvalue weighted by Crippen LogP contribution is 2.18. The van der Waals surface area contributed by atoms with Gasteiger partial charge in [-0.15, -0.1) is 0 Å². The summed E-state index contributed by atoms with van der Waals surface area (Å²) in [6.45, 7) is 2.05. The van der Waals surface area contributed by atoms with Crippen molar-refractivity contribution < 1.29 is 14.7 Å². The van der Waals surface area contributed by atoms with Crippen LogP contribution in [-0.2, 0) is 4.79 Å². The van der Waals surface area contributed by atoms with Gasteiger partial charge in [0.25, 0.3) is 5.91 Å². The van der Waals surface area contributed by atoms with Crippen LogP contribution in [0.5, 0.6) is 0 Å². The lowest BCUT2D eigenvalue weighted by atomic mass is 10.1. The molecule has 2 aromatic carbocycles. The Kier molecular flexibility index (Phi) is 7.36. The highest BCUT2D eigenvalue weighted by molar-refractivity contribution is 6.04. The van der Waals surface area contributed by atoms with Gasteiger partial charge < -0.3 is 20.2 Å². The number of para-hydroxylation sites is 2. The summed E-state index contributed by atoms with van der Waals surface area (Å²) in [5, 5.41) is 20.7. The Morgan fingerprint density at radius 1 is 1.12 bits per heavy atom. The highest BCUT2D eigenvalue weighted by Gasteiger charge is 2.21. The van der Waals surface area contributed by atoms with E-state index in [1.807, 2.05) is 54.6 Å². The lowest BCUT2D eigenvalue weighted by molar-refractivity contribution is -0.114. The number of rotatable bonds is 7. The predicted octanol–water partition coefficient (Wildman–Crippen LogP) is 3.17. The molecule has 0 aliphatic carbocycles. The molecule has 8 heteroatoms. The second kappa shape index (κ2) is 10.8. The van der Waals surface area contributed by atoms with Gasteiger partial charge in [0.2, 0.25) is 0 Å². The second-order valence-electron chi connectivity index (χ2n) is 8.12. The second-order valence-corrected chi connectivity index (χ2v) is 8.12. The minimum atomic E-state index is -0.313. The van der Waals surface area contributed by atoms with E-state index in [1.54, 1.807) is 15.9 Å². The number of fused-ring (bicyclic) bond motifs is 1. The van der Waals surface area contributed by atoms with Gasteiger partial charge in [-0.25, -0.2) is 4.79 Å². The monoisotopic (exact) mass is 447 g/mol. The van der Waals surface area contributed by atoms with Crippen molar-refractivity contribution >= 4 is 34.6 Å². The number of urea groups is 1. The third-order valence-electron chi connectivity index (χ3n) is 5.80. The van der Waals surface area contributed by atoms with Gasteiger partial charge in [-0.3, -0.25) is 9.89 Å². The fourth-order valence-corrected chi connectivity index (χ4v) is 3.94. The average Bonchev–Trinajstić information content (AvgIpc) is 3.26. The van der Waals surface area contributed by atoms with E-state index in [1.165, 1.54) is 6.08 Å². The molecule has 1 aliphatic rings. The van der Waals surface area contributed by atoms with Crippen molar-refractivity contribution in [3.8, 4) is 0 Å². The maximum Gasteiger partial charge on any atom is 0.317 e. The standard InChI is InChI=1S/C25H29N5O3/c31-20-13-17-29(18-14-20)25(33)26-15-6-16-30(19-7-2-1-3-8-19)24(32)12-11-23-21-9-4-5-10-22(21)27-28-23/h1-5,7-12,20,31H,6,13-18H2,(H,26,33)(H,27,28)/b12-11+. The molecule has 1 saturated heterocycles. The van der Waals surface area contributed by atoms with E-state index in [0.717, 1.165) is 16.6 Å². The summed E-state index contributed by atoms with van der Waals surface area (Å²) in [5.74, 6) is -0.148. The zero-order valence-electron chi connectivity index (χ0n) is 18.5. The third kappa shape index (κ3) is 5.78. The minimum absolute atomic E-state index is 0.121. The van der Waals surface area contributed by atoms with Crippen LogP contribution in [0, 0.1) is 0 Å². The Morgan fingerprint density at radius 2 is 1.85 bits per heavy atom. The summed E-state index contributed by atoms with van der Waals surface area (Å²) in [7, 11) is 0. The van der Waals surface area contributed by atoms with E-state index in [-0.39, 0.29) is 18.0 Å². The van der Waals surface area contributed by atoms with E-state index in [9.17, 15) is 14.7 Å². The van der Waals surface area contributed by atoms with Crippen LogP contribution in [0.1, 0.15) is 25.0 Å². The molecule has 8 nitrogen and oxygen atoms in total. The number of hydrogen-bond acceptors (Lipinski definition) is 4. The lowest BCUT2D eigenvalue weighted by Crippen LogP contribution is -2.46. The number of anilines is 1. The van der Waals surface area contributed by atoms with Crippen molar-refractivity contribution in [3.05, 3.63) is 66.4 Å². The maximum absolute atomic E-state index is 13.1. The van der Waals surface area contributed by atoms with Crippen molar-refractivity contribution in [1.82, 2.24) is 20.4 Å². The van der Waals surface area contributed by atoms with E-state index in [0.29, 0.717) is 51.1 Å². The molecular formula is C25H29N5O3. The number of amides is 3. The van der Waals surface area contributed by atoms with Gasteiger partial charge >= 0.3 is 6.03 Å². The molecular weight excluding hydrogens is 418 g/mol. The Bertz CT molecular complexity index is 1100. The molecule has 0 spiro atoms. The van der Waals surface area contributed by atoms with E-state index < -0.39 is 0 Å². The Labute approximate surface area is 192 Å². The molecule has 0 radical (unpaired) electrons. The number of aliphatic hydroxyl groups is 1. The molecule has 3 amide bonds. The Hall–Kier alpha value is -3.65. The van der Waals surface area contributed by atoms with Crippen molar-refractivity contribution in [2.45, 2.75) is 25.4 Å². The molecule has 4 rings (SSSR count). The summed E-state index contributed by atoms with van der Waals surface area (Å²) < 4.78 is 0. The van der Waals surface area contributed by atoms with Gasteiger partial charge in [-0.2, -0.15) is 5.10 Å². The lowest BCUT2D eigenvalue weighted by Gasteiger charge is -2.29. The van der Waals surface area contributed by atoms with Crippen LogP contribution in [0.2, 0.25) is 0 Å². The topological polar surface area (TPSA) is 102 Å². The zero-order valence-corrected chi connectivity index (χ0v) is 18.5. The van der Waals surface area contributed by atoms with Crippen LogP contribution in [0.4, 0.5) is 10.5 Å².